The lowest BCUT2D eigenvalue weighted by Crippen LogP contribution is -2.05. The third kappa shape index (κ3) is 2.66. The van der Waals surface area contributed by atoms with E-state index in [0.29, 0.717) is 5.56 Å². The Morgan fingerprint density at radius 1 is 1.41 bits per heavy atom. The number of methoxy groups -OCH3 is 1. The minimum absolute atomic E-state index is 0.0544. The van der Waals surface area contributed by atoms with Gasteiger partial charge in [-0.2, -0.15) is 4.98 Å². The van der Waals surface area contributed by atoms with Gasteiger partial charge in [-0.25, -0.2) is 4.39 Å². The number of ether oxygens (including phenoxy) is 1. The summed E-state index contributed by atoms with van der Waals surface area (Å²) in [4.78, 5) is 15.0. The molecule has 0 fully saturated rings. The van der Waals surface area contributed by atoms with Gasteiger partial charge in [-0.05, 0) is 24.3 Å². The Morgan fingerprint density at radius 2 is 2.12 bits per heavy atom. The van der Waals surface area contributed by atoms with Crippen LogP contribution in [0.3, 0.4) is 0 Å². The number of carbonyl (C=O) groups is 1. The van der Waals surface area contributed by atoms with E-state index < -0.39 is 5.97 Å². The van der Waals surface area contributed by atoms with Crippen molar-refractivity contribution in [2.75, 3.05) is 7.11 Å². The highest BCUT2D eigenvalue weighted by Crippen LogP contribution is 2.17. The number of hydrogen-bond donors (Lipinski definition) is 0. The summed E-state index contributed by atoms with van der Waals surface area (Å²) in [6.07, 6.45) is -0.0544. The van der Waals surface area contributed by atoms with E-state index in [2.05, 4.69) is 14.9 Å². The molecule has 0 spiro atoms. The number of aromatic nitrogens is 2. The van der Waals surface area contributed by atoms with Crippen molar-refractivity contribution in [3.8, 4) is 11.5 Å². The monoisotopic (exact) mass is 236 g/mol. The van der Waals surface area contributed by atoms with Gasteiger partial charge in [0.2, 0.25) is 0 Å². The second-order valence-electron chi connectivity index (χ2n) is 3.28. The van der Waals surface area contributed by atoms with Crippen molar-refractivity contribution in [3.05, 3.63) is 35.9 Å². The van der Waals surface area contributed by atoms with Gasteiger partial charge in [-0.15, -0.1) is 0 Å². The van der Waals surface area contributed by atoms with E-state index in [-0.39, 0.29) is 24.0 Å². The maximum absolute atomic E-state index is 12.7. The lowest BCUT2D eigenvalue weighted by Gasteiger charge is -1.93. The highest BCUT2D eigenvalue weighted by molar-refractivity contribution is 5.71. The molecule has 0 saturated heterocycles. The first-order valence-corrected chi connectivity index (χ1v) is 4.84. The predicted molar refractivity (Wildman–Crippen MR) is 55.4 cm³/mol. The SMILES string of the molecule is COC(=O)Cc1noc(-c2ccc(F)cc2)n1. The van der Waals surface area contributed by atoms with Crippen LogP contribution in [0.2, 0.25) is 0 Å². The summed E-state index contributed by atoms with van der Waals surface area (Å²) in [5, 5.41) is 3.62. The largest absolute Gasteiger partial charge is 0.469 e. The first kappa shape index (κ1) is 11.3. The molecule has 2 rings (SSSR count). The number of benzene rings is 1. The molecule has 0 aliphatic rings. The average molecular weight is 236 g/mol. The van der Waals surface area contributed by atoms with E-state index in [4.69, 9.17) is 4.52 Å². The van der Waals surface area contributed by atoms with Crippen molar-refractivity contribution < 1.29 is 18.4 Å². The van der Waals surface area contributed by atoms with Crippen LogP contribution in [0.25, 0.3) is 11.5 Å². The van der Waals surface area contributed by atoms with E-state index in [1.165, 1.54) is 31.4 Å². The number of carbonyl (C=O) groups excluding carboxylic acids is 1. The van der Waals surface area contributed by atoms with Gasteiger partial charge in [0.25, 0.3) is 5.89 Å². The first-order chi connectivity index (χ1) is 8.19. The molecule has 88 valence electrons. The molecule has 0 aliphatic carbocycles. The average Bonchev–Trinajstić information content (AvgIpc) is 2.78. The molecular weight excluding hydrogens is 227 g/mol. The summed E-state index contributed by atoms with van der Waals surface area (Å²) in [5.41, 5.74) is 0.593. The van der Waals surface area contributed by atoms with Crippen LogP contribution in [-0.2, 0) is 16.0 Å². The standard InChI is InChI=1S/C11H9FN2O3/c1-16-10(15)6-9-13-11(17-14-9)7-2-4-8(12)5-3-7/h2-5H,6H2,1H3. The molecular formula is C11H9FN2O3. The van der Waals surface area contributed by atoms with E-state index in [1.54, 1.807) is 0 Å². The van der Waals surface area contributed by atoms with E-state index >= 15 is 0 Å². The Bertz CT molecular complexity index is 522. The second kappa shape index (κ2) is 4.73. The summed E-state index contributed by atoms with van der Waals surface area (Å²) < 4.78 is 22.1. The Kier molecular flexibility index (Phi) is 3.13. The normalized spacial score (nSPS) is 10.2. The molecule has 0 saturated carbocycles. The maximum Gasteiger partial charge on any atom is 0.313 e. The highest BCUT2D eigenvalue weighted by atomic mass is 19.1. The van der Waals surface area contributed by atoms with Crippen molar-refractivity contribution in [2.45, 2.75) is 6.42 Å². The van der Waals surface area contributed by atoms with Crippen LogP contribution in [0.4, 0.5) is 4.39 Å². The van der Waals surface area contributed by atoms with Crippen LogP contribution in [0.15, 0.2) is 28.8 Å². The van der Waals surface area contributed by atoms with Gasteiger partial charge in [-0.3, -0.25) is 4.79 Å². The number of halogens is 1. The van der Waals surface area contributed by atoms with Crippen LogP contribution in [0.5, 0.6) is 0 Å². The Hall–Kier alpha value is -2.24. The van der Waals surface area contributed by atoms with Crippen molar-refractivity contribution >= 4 is 5.97 Å². The molecule has 0 radical (unpaired) electrons. The zero-order valence-electron chi connectivity index (χ0n) is 9.01. The van der Waals surface area contributed by atoms with Gasteiger partial charge in [0.05, 0.1) is 7.11 Å². The van der Waals surface area contributed by atoms with E-state index in [0.717, 1.165) is 0 Å². The number of hydrogen-bond acceptors (Lipinski definition) is 5. The quantitative estimate of drug-likeness (QED) is 0.757. The smallest absolute Gasteiger partial charge is 0.313 e. The van der Waals surface area contributed by atoms with Crippen molar-refractivity contribution in [2.24, 2.45) is 0 Å². The van der Waals surface area contributed by atoms with Crippen LogP contribution in [-0.4, -0.2) is 23.2 Å². The number of rotatable bonds is 3. The van der Waals surface area contributed by atoms with Gasteiger partial charge in [0.15, 0.2) is 5.82 Å². The van der Waals surface area contributed by atoms with Gasteiger partial charge < -0.3 is 9.26 Å². The van der Waals surface area contributed by atoms with Crippen LogP contribution >= 0.6 is 0 Å². The molecule has 0 N–H and O–H groups in total. The molecule has 5 nitrogen and oxygen atoms in total. The van der Waals surface area contributed by atoms with Crippen molar-refractivity contribution in [3.63, 3.8) is 0 Å². The molecule has 6 heteroatoms. The predicted octanol–water partition coefficient (Wildman–Crippen LogP) is 1.59. The minimum Gasteiger partial charge on any atom is -0.469 e. The summed E-state index contributed by atoms with van der Waals surface area (Å²) in [6.45, 7) is 0. The molecule has 0 bridgehead atoms. The molecule has 1 heterocycles. The fourth-order valence-electron chi connectivity index (χ4n) is 1.24. The molecule has 0 unspecified atom stereocenters. The Morgan fingerprint density at radius 3 is 2.76 bits per heavy atom. The van der Waals surface area contributed by atoms with Crippen LogP contribution in [0.1, 0.15) is 5.82 Å². The molecule has 0 aliphatic heterocycles. The van der Waals surface area contributed by atoms with E-state index in [1.807, 2.05) is 0 Å². The third-order valence-corrected chi connectivity index (χ3v) is 2.09. The van der Waals surface area contributed by atoms with Crippen molar-refractivity contribution in [1.29, 1.82) is 0 Å². The molecule has 2 aromatic rings. The molecule has 0 atom stereocenters. The fraction of sp³-hybridized carbons (Fsp3) is 0.182. The van der Waals surface area contributed by atoms with Gasteiger partial charge in [0.1, 0.15) is 12.2 Å². The maximum atomic E-state index is 12.7. The Balaban J connectivity index is 2.18. The van der Waals surface area contributed by atoms with Crippen molar-refractivity contribution in [1.82, 2.24) is 10.1 Å². The molecule has 1 aromatic heterocycles. The summed E-state index contributed by atoms with van der Waals surface area (Å²) >= 11 is 0. The summed E-state index contributed by atoms with van der Waals surface area (Å²) in [7, 11) is 1.28. The first-order valence-electron chi connectivity index (χ1n) is 4.84. The third-order valence-electron chi connectivity index (χ3n) is 2.09. The number of nitrogens with zero attached hydrogens (tertiary/aromatic N) is 2. The zero-order chi connectivity index (χ0) is 12.3. The molecule has 0 amide bonds. The van der Waals surface area contributed by atoms with Gasteiger partial charge >= 0.3 is 5.97 Å². The zero-order valence-corrected chi connectivity index (χ0v) is 9.01. The lowest BCUT2D eigenvalue weighted by molar-refractivity contribution is -0.139. The second-order valence-corrected chi connectivity index (χ2v) is 3.28. The summed E-state index contributed by atoms with van der Waals surface area (Å²) in [6, 6.07) is 5.62. The van der Waals surface area contributed by atoms with Crippen LogP contribution in [0, 0.1) is 5.82 Å². The highest BCUT2D eigenvalue weighted by Gasteiger charge is 2.12. The van der Waals surface area contributed by atoms with Crippen LogP contribution < -0.4 is 0 Å². The van der Waals surface area contributed by atoms with E-state index in [9.17, 15) is 9.18 Å². The Labute approximate surface area is 96.2 Å². The summed E-state index contributed by atoms with van der Waals surface area (Å²) in [5.74, 6) is -0.320. The molecule has 17 heavy (non-hydrogen) atoms. The fourth-order valence-corrected chi connectivity index (χ4v) is 1.24. The topological polar surface area (TPSA) is 65.2 Å². The van der Waals surface area contributed by atoms with Gasteiger partial charge in [0, 0.05) is 5.56 Å². The lowest BCUT2D eigenvalue weighted by atomic mass is 10.2. The molecule has 1 aromatic carbocycles. The number of esters is 1. The minimum atomic E-state index is -0.448. The van der Waals surface area contributed by atoms with Gasteiger partial charge in [-0.1, -0.05) is 5.16 Å².